The molecular formula is C25H26N2O9. The summed E-state index contributed by atoms with van der Waals surface area (Å²) in [5.74, 6) is -1.06. The molecule has 11 nitrogen and oxygen atoms in total. The van der Waals surface area contributed by atoms with Gasteiger partial charge in [0.15, 0.2) is 18.1 Å². The molecule has 4 amide bonds. The Morgan fingerprint density at radius 3 is 2.31 bits per heavy atom. The van der Waals surface area contributed by atoms with Crippen LogP contribution in [0.4, 0.5) is 10.5 Å². The van der Waals surface area contributed by atoms with Gasteiger partial charge in [-0.1, -0.05) is 6.07 Å². The molecule has 1 aliphatic rings. The van der Waals surface area contributed by atoms with Crippen LogP contribution in [0, 0.1) is 0 Å². The third kappa shape index (κ3) is 5.74. The molecule has 1 N–H and O–H groups in total. The summed E-state index contributed by atoms with van der Waals surface area (Å²) in [5.41, 5.74) is 0.259. The molecule has 0 bridgehead atoms. The van der Waals surface area contributed by atoms with E-state index >= 15 is 0 Å². The number of carbonyl (C=O) groups excluding carboxylic acids is 4. The molecule has 2 aromatic carbocycles. The van der Waals surface area contributed by atoms with Gasteiger partial charge in [-0.3, -0.25) is 14.9 Å². The SMILES string of the molecule is CCOc1ccc(OCC)c(N2C(=O)NC(=O)/C(=C\c3ccc(OCC(=O)OC)c(OC)c3)C2=O)c1. The second-order valence-corrected chi connectivity index (χ2v) is 7.23. The van der Waals surface area contributed by atoms with E-state index in [1.165, 1.54) is 38.5 Å². The number of carbonyl (C=O) groups is 4. The quantitative estimate of drug-likeness (QED) is 0.298. The minimum absolute atomic E-state index is 0.132. The van der Waals surface area contributed by atoms with Gasteiger partial charge >= 0.3 is 12.0 Å². The summed E-state index contributed by atoms with van der Waals surface area (Å²) < 4.78 is 26.3. The molecule has 0 unspecified atom stereocenters. The number of esters is 1. The highest BCUT2D eigenvalue weighted by molar-refractivity contribution is 6.39. The highest BCUT2D eigenvalue weighted by Gasteiger charge is 2.38. The van der Waals surface area contributed by atoms with E-state index in [2.05, 4.69) is 10.1 Å². The number of nitrogens with one attached hydrogen (secondary N) is 1. The first-order chi connectivity index (χ1) is 17.3. The summed E-state index contributed by atoms with van der Waals surface area (Å²) in [6, 6.07) is 8.41. The van der Waals surface area contributed by atoms with Gasteiger partial charge in [-0.15, -0.1) is 0 Å². The monoisotopic (exact) mass is 498 g/mol. The zero-order chi connectivity index (χ0) is 26.2. The number of nitrogens with zero attached hydrogens (tertiary/aromatic N) is 1. The van der Waals surface area contributed by atoms with Crippen LogP contribution in [0.2, 0.25) is 0 Å². The lowest BCUT2D eigenvalue weighted by Crippen LogP contribution is -2.54. The molecule has 2 aromatic rings. The number of barbiturate groups is 1. The number of urea groups is 1. The predicted molar refractivity (Wildman–Crippen MR) is 128 cm³/mol. The topological polar surface area (TPSA) is 130 Å². The molecule has 0 atom stereocenters. The molecule has 36 heavy (non-hydrogen) atoms. The third-order valence-corrected chi connectivity index (χ3v) is 4.96. The van der Waals surface area contributed by atoms with Crippen molar-refractivity contribution in [3.8, 4) is 23.0 Å². The van der Waals surface area contributed by atoms with Gasteiger partial charge in [0.2, 0.25) is 0 Å². The van der Waals surface area contributed by atoms with Gasteiger partial charge in [0.05, 0.1) is 33.1 Å². The molecule has 190 valence electrons. The lowest BCUT2D eigenvalue weighted by atomic mass is 10.1. The molecule has 0 spiro atoms. The Bertz CT molecular complexity index is 1210. The Balaban J connectivity index is 1.98. The Morgan fingerprint density at radius 1 is 0.917 bits per heavy atom. The van der Waals surface area contributed by atoms with Gasteiger partial charge in [0.1, 0.15) is 17.1 Å². The maximum Gasteiger partial charge on any atom is 0.343 e. The van der Waals surface area contributed by atoms with Gasteiger partial charge in [0.25, 0.3) is 11.8 Å². The minimum Gasteiger partial charge on any atom is -0.494 e. The Labute approximate surface area is 207 Å². The fourth-order valence-electron chi connectivity index (χ4n) is 3.34. The average Bonchev–Trinajstić information content (AvgIpc) is 2.86. The highest BCUT2D eigenvalue weighted by atomic mass is 16.6. The van der Waals surface area contributed by atoms with Crippen LogP contribution < -0.4 is 29.2 Å². The van der Waals surface area contributed by atoms with Crippen LogP contribution in [0.25, 0.3) is 6.08 Å². The fourth-order valence-corrected chi connectivity index (χ4v) is 3.34. The van der Waals surface area contributed by atoms with Crippen molar-refractivity contribution < 1.29 is 42.9 Å². The van der Waals surface area contributed by atoms with Crippen LogP contribution in [-0.2, 0) is 19.1 Å². The highest BCUT2D eigenvalue weighted by Crippen LogP contribution is 2.35. The number of hydrogen-bond acceptors (Lipinski definition) is 9. The van der Waals surface area contributed by atoms with Crippen LogP contribution in [0.15, 0.2) is 42.0 Å². The lowest BCUT2D eigenvalue weighted by Gasteiger charge is -2.28. The van der Waals surface area contributed by atoms with Crippen molar-refractivity contribution in [1.29, 1.82) is 0 Å². The van der Waals surface area contributed by atoms with Crippen LogP contribution in [-0.4, -0.2) is 57.9 Å². The second-order valence-electron chi connectivity index (χ2n) is 7.23. The van der Waals surface area contributed by atoms with Crippen molar-refractivity contribution in [2.45, 2.75) is 13.8 Å². The first-order valence-corrected chi connectivity index (χ1v) is 11.0. The normalized spacial score (nSPS) is 14.4. The summed E-state index contributed by atoms with van der Waals surface area (Å²) in [4.78, 5) is 50.9. The van der Waals surface area contributed by atoms with E-state index in [-0.39, 0.29) is 41.7 Å². The van der Waals surface area contributed by atoms with Crippen LogP contribution in [0.1, 0.15) is 19.4 Å². The molecule has 0 aliphatic carbocycles. The van der Waals surface area contributed by atoms with Gasteiger partial charge in [-0.05, 0) is 49.8 Å². The van der Waals surface area contributed by atoms with E-state index in [1.54, 1.807) is 32.0 Å². The minimum atomic E-state index is -0.916. The van der Waals surface area contributed by atoms with Gasteiger partial charge in [-0.2, -0.15) is 0 Å². The summed E-state index contributed by atoms with van der Waals surface area (Å²) in [7, 11) is 2.64. The average molecular weight is 498 g/mol. The zero-order valence-electron chi connectivity index (χ0n) is 20.3. The molecule has 1 fully saturated rings. The van der Waals surface area contributed by atoms with Crippen LogP contribution in [0.5, 0.6) is 23.0 Å². The Kier molecular flexibility index (Phi) is 8.50. The number of hydrogen-bond donors (Lipinski definition) is 1. The smallest absolute Gasteiger partial charge is 0.343 e. The molecule has 1 saturated heterocycles. The largest absolute Gasteiger partial charge is 0.494 e. The third-order valence-electron chi connectivity index (χ3n) is 4.96. The van der Waals surface area contributed by atoms with Crippen molar-refractivity contribution >= 4 is 35.6 Å². The first kappa shape index (κ1) is 26.1. The predicted octanol–water partition coefficient (Wildman–Crippen LogP) is 2.71. The number of ether oxygens (including phenoxy) is 5. The number of benzene rings is 2. The zero-order valence-corrected chi connectivity index (χ0v) is 20.3. The van der Waals surface area contributed by atoms with Gasteiger partial charge in [-0.25, -0.2) is 14.5 Å². The Hall–Kier alpha value is -4.54. The molecular weight excluding hydrogens is 472 g/mol. The lowest BCUT2D eigenvalue weighted by molar-refractivity contribution is -0.143. The standard InChI is InChI=1S/C25H26N2O9/c1-5-34-16-8-10-19(35-6-2)18(13-16)27-24(30)17(23(29)26-25(27)31)11-15-7-9-20(21(12-15)32-3)36-14-22(28)33-4/h7-13H,5-6,14H2,1-4H3,(H,26,29,31)/b17-11+. The molecule has 0 aromatic heterocycles. The van der Waals surface area contributed by atoms with Crippen molar-refractivity contribution in [2.24, 2.45) is 0 Å². The number of methoxy groups -OCH3 is 2. The van der Waals surface area contributed by atoms with Crippen LogP contribution in [0.3, 0.4) is 0 Å². The maximum atomic E-state index is 13.4. The fraction of sp³-hybridized carbons (Fsp3) is 0.280. The van der Waals surface area contributed by atoms with Crippen molar-refractivity contribution in [3.63, 3.8) is 0 Å². The van der Waals surface area contributed by atoms with Crippen LogP contribution >= 0.6 is 0 Å². The number of imide groups is 2. The molecule has 1 aliphatic heterocycles. The van der Waals surface area contributed by atoms with E-state index in [0.29, 0.717) is 17.9 Å². The number of rotatable bonds is 10. The summed E-state index contributed by atoms with van der Waals surface area (Å²) in [6.45, 7) is 3.90. The molecule has 1 heterocycles. The summed E-state index contributed by atoms with van der Waals surface area (Å²) in [6.07, 6.45) is 1.32. The van der Waals surface area contributed by atoms with Gasteiger partial charge in [0, 0.05) is 6.07 Å². The second kappa shape index (κ2) is 11.7. The summed E-state index contributed by atoms with van der Waals surface area (Å²) in [5, 5.41) is 2.18. The number of amides is 4. The molecule has 11 heteroatoms. The molecule has 3 rings (SSSR count). The summed E-state index contributed by atoms with van der Waals surface area (Å²) >= 11 is 0. The van der Waals surface area contributed by atoms with Crippen molar-refractivity contribution in [3.05, 3.63) is 47.5 Å². The van der Waals surface area contributed by atoms with Crippen molar-refractivity contribution in [1.82, 2.24) is 5.32 Å². The van der Waals surface area contributed by atoms with E-state index in [9.17, 15) is 19.2 Å². The van der Waals surface area contributed by atoms with Crippen molar-refractivity contribution in [2.75, 3.05) is 38.9 Å². The maximum absolute atomic E-state index is 13.4. The molecule has 0 radical (unpaired) electrons. The first-order valence-electron chi connectivity index (χ1n) is 11.0. The van der Waals surface area contributed by atoms with E-state index in [0.717, 1.165) is 4.90 Å². The molecule has 0 saturated carbocycles. The van der Waals surface area contributed by atoms with Gasteiger partial charge < -0.3 is 23.7 Å². The van der Waals surface area contributed by atoms with E-state index in [1.807, 2.05) is 0 Å². The van der Waals surface area contributed by atoms with E-state index in [4.69, 9.17) is 18.9 Å². The Morgan fingerprint density at radius 2 is 1.64 bits per heavy atom. The van der Waals surface area contributed by atoms with E-state index < -0.39 is 23.8 Å². The number of anilines is 1.